The molecule has 0 atom stereocenters. The first kappa shape index (κ1) is 20.9. The van der Waals surface area contributed by atoms with E-state index in [0.717, 1.165) is 11.6 Å². The predicted octanol–water partition coefficient (Wildman–Crippen LogP) is 2.98. The number of likely N-dealkylation sites (tertiary alicyclic amines) is 1. The minimum Gasteiger partial charge on any atom is -0.494 e. The Kier molecular flexibility index (Phi) is 6.35. The van der Waals surface area contributed by atoms with E-state index in [9.17, 15) is 19.7 Å². The quantitative estimate of drug-likeness (QED) is 0.497. The SMILES string of the molecule is COc1cc(C(=O)O)cc([N+](=O)[O-])c1NCC1CN(C(=O)OCc2ccccc2)C1. The summed E-state index contributed by atoms with van der Waals surface area (Å²) in [5.41, 5.74) is 0.386. The molecule has 158 valence electrons. The maximum Gasteiger partial charge on any atom is 0.410 e. The number of carboxylic acids is 1. The third kappa shape index (κ3) is 4.77. The predicted molar refractivity (Wildman–Crippen MR) is 107 cm³/mol. The van der Waals surface area contributed by atoms with Crippen molar-refractivity contribution in [3.05, 3.63) is 63.7 Å². The van der Waals surface area contributed by atoms with E-state index in [1.807, 2.05) is 30.3 Å². The largest absolute Gasteiger partial charge is 0.494 e. The number of benzene rings is 2. The fourth-order valence-electron chi connectivity index (χ4n) is 3.11. The lowest BCUT2D eigenvalue weighted by Crippen LogP contribution is -2.52. The number of hydrogen-bond donors (Lipinski definition) is 2. The van der Waals surface area contributed by atoms with Gasteiger partial charge < -0.3 is 24.8 Å². The maximum absolute atomic E-state index is 12.1. The monoisotopic (exact) mass is 415 g/mol. The van der Waals surface area contributed by atoms with Gasteiger partial charge in [-0.15, -0.1) is 0 Å². The smallest absolute Gasteiger partial charge is 0.410 e. The first-order valence-electron chi connectivity index (χ1n) is 9.18. The molecular weight excluding hydrogens is 394 g/mol. The van der Waals surface area contributed by atoms with E-state index in [1.54, 1.807) is 4.90 Å². The summed E-state index contributed by atoms with van der Waals surface area (Å²) in [6, 6.07) is 11.6. The van der Waals surface area contributed by atoms with Crippen LogP contribution >= 0.6 is 0 Å². The Labute approximate surface area is 172 Å². The van der Waals surface area contributed by atoms with Crippen LogP contribution in [0.15, 0.2) is 42.5 Å². The van der Waals surface area contributed by atoms with Gasteiger partial charge in [0.25, 0.3) is 5.69 Å². The Hall–Kier alpha value is -3.82. The molecule has 0 aromatic heterocycles. The number of rotatable bonds is 8. The lowest BCUT2D eigenvalue weighted by Gasteiger charge is -2.38. The van der Waals surface area contributed by atoms with Gasteiger partial charge in [0.05, 0.1) is 17.6 Å². The second kappa shape index (κ2) is 9.12. The van der Waals surface area contributed by atoms with Gasteiger partial charge in [-0.2, -0.15) is 0 Å². The van der Waals surface area contributed by atoms with Crippen molar-refractivity contribution < 1.29 is 29.1 Å². The topological polar surface area (TPSA) is 131 Å². The lowest BCUT2D eigenvalue weighted by molar-refractivity contribution is -0.384. The zero-order valence-electron chi connectivity index (χ0n) is 16.2. The van der Waals surface area contributed by atoms with Gasteiger partial charge in [-0.1, -0.05) is 30.3 Å². The van der Waals surface area contributed by atoms with Crippen LogP contribution in [0.25, 0.3) is 0 Å². The van der Waals surface area contributed by atoms with E-state index in [-0.39, 0.29) is 35.2 Å². The summed E-state index contributed by atoms with van der Waals surface area (Å²) in [5.74, 6) is -1.15. The third-order valence-corrected chi connectivity index (χ3v) is 4.73. The summed E-state index contributed by atoms with van der Waals surface area (Å²) in [5, 5.41) is 23.4. The fourth-order valence-corrected chi connectivity index (χ4v) is 3.11. The average molecular weight is 415 g/mol. The molecule has 0 aliphatic carbocycles. The molecule has 1 amide bonds. The zero-order chi connectivity index (χ0) is 21.7. The minimum atomic E-state index is -1.29. The van der Waals surface area contributed by atoms with Crippen molar-refractivity contribution in [3.63, 3.8) is 0 Å². The van der Waals surface area contributed by atoms with Crippen molar-refractivity contribution in [1.82, 2.24) is 4.90 Å². The Bertz CT molecular complexity index is 943. The van der Waals surface area contributed by atoms with Crippen LogP contribution in [-0.4, -0.2) is 53.7 Å². The lowest BCUT2D eigenvalue weighted by atomic mass is 10.0. The number of aromatic carboxylic acids is 1. The van der Waals surface area contributed by atoms with E-state index in [1.165, 1.54) is 13.2 Å². The summed E-state index contributed by atoms with van der Waals surface area (Å²) in [6.07, 6.45) is -0.413. The van der Waals surface area contributed by atoms with Crippen molar-refractivity contribution in [2.24, 2.45) is 5.92 Å². The molecule has 0 unspecified atom stereocenters. The maximum atomic E-state index is 12.1. The number of carbonyl (C=O) groups is 2. The van der Waals surface area contributed by atoms with Gasteiger partial charge in [0.2, 0.25) is 0 Å². The molecule has 2 N–H and O–H groups in total. The minimum absolute atomic E-state index is 0.0673. The van der Waals surface area contributed by atoms with E-state index < -0.39 is 17.0 Å². The van der Waals surface area contributed by atoms with Crippen LogP contribution in [0.3, 0.4) is 0 Å². The number of nitro groups is 1. The molecule has 30 heavy (non-hydrogen) atoms. The molecular formula is C20H21N3O7. The summed E-state index contributed by atoms with van der Waals surface area (Å²) < 4.78 is 10.4. The molecule has 0 radical (unpaired) electrons. The number of carbonyl (C=O) groups excluding carboxylic acids is 1. The highest BCUT2D eigenvalue weighted by atomic mass is 16.6. The van der Waals surface area contributed by atoms with Gasteiger partial charge in [-0.25, -0.2) is 9.59 Å². The Morgan fingerprint density at radius 1 is 1.27 bits per heavy atom. The van der Waals surface area contributed by atoms with Crippen LogP contribution in [0, 0.1) is 16.0 Å². The zero-order valence-corrected chi connectivity index (χ0v) is 16.2. The Balaban J connectivity index is 1.55. The number of hydrogen-bond acceptors (Lipinski definition) is 7. The highest BCUT2D eigenvalue weighted by molar-refractivity contribution is 5.91. The molecule has 1 aliphatic heterocycles. The normalized spacial score (nSPS) is 13.3. The summed E-state index contributed by atoms with van der Waals surface area (Å²) in [7, 11) is 1.31. The van der Waals surface area contributed by atoms with Gasteiger partial charge in [-0.05, 0) is 11.6 Å². The summed E-state index contributed by atoms with van der Waals surface area (Å²) >= 11 is 0. The van der Waals surface area contributed by atoms with Crippen LogP contribution in [0.2, 0.25) is 0 Å². The highest BCUT2D eigenvalue weighted by Crippen LogP contribution is 2.36. The standard InChI is InChI=1S/C20H21N3O7/c1-29-17-8-15(19(24)25)7-16(23(27)28)18(17)21-9-14-10-22(11-14)20(26)30-12-13-5-3-2-4-6-13/h2-8,14,21H,9-12H2,1H3,(H,24,25). The van der Waals surface area contributed by atoms with Crippen LogP contribution in [-0.2, 0) is 11.3 Å². The van der Waals surface area contributed by atoms with Gasteiger partial charge in [0.15, 0.2) is 5.69 Å². The number of nitro benzene ring substituents is 1. The molecule has 1 heterocycles. The van der Waals surface area contributed by atoms with E-state index in [0.29, 0.717) is 19.6 Å². The number of amides is 1. The van der Waals surface area contributed by atoms with Crippen LogP contribution < -0.4 is 10.1 Å². The molecule has 1 aliphatic rings. The number of nitrogens with one attached hydrogen (secondary N) is 1. The van der Waals surface area contributed by atoms with Crippen molar-refractivity contribution in [3.8, 4) is 5.75 Å². The fraction of sp³-hybridized carbons (Fsp3) is 0.300. The van der Waals surface area contributed by atoms with Crippen molar-refractivity contribution in [2.75, 3.05) is 32.1 Å². The first-order valence-corrected chi connectivity index (χ1v) is 9.18. The molecule has 2 aromatic rings. The average Bonchev–Trinajstić information content (AvgIpc) is 2.71. The number of ether oxygens (including phenoxy) is 2. The highest BCUT2D eigenvalue weighted by Gasteiger charge is 2.32. The molecule has 10 nitrogen and oxygen atoms in total. The van der Waals surface area contributed by atoms with Crippen LogP contribution in [0.4, 0.5) is 16.2 Å². The Morgan fingerprint density at radius 3 is 2.57 bits per heavy atom. The Morgan fingerprint density at radius 2 is 1.97 bits per heavy atom. The van der Waals surface area contributed by atoms with Crippen molar-refractivity contribution in [1.29, 1.82) is 0 Å². The molecule has 0 saturated carbocycles. The molecule has 10 heteroatoms. The van der Waals surface area contributed by atoms with Gasteiger partial charge in [0.1, 0.15) is 12.4 Å². The van der Waals surface area contributed by atoms with E-state index >= 15 is 0 Å². The summed E-state index contributed by atoms with van der Waals surface area (Å²) in [6.45, 7) is 1.44. The summed E-state index contributed by atoms with van der Waals surface area (Å²) in [4.78, 5) is 35.5. The molecule has 0 bridgehead atoms. The number of methoxy groups -OCH3 is 1. The van der Waals surface area contributed by atoms with Gasteiger partial charge in [0, 0.05) is 31.6 Å². The number of carboxylic acid groups (broad SMARTS) is 1. The van der Waals surface area contributed by atoms with Gasteiger partial charge in [-0.3, -0.25) is 10.1 Å². The molecule has 0 spiro atoms. The second-order valence-corrected chi connectivity index (χ2v) is 6.83. The second-order valence-electron chi connectivity index (χ2n) is 6.83. The molecule has 1 fully saturated rings. The van der Waals surface area contributed by atoms with Crippen molar-refractivity contribution in [2.45, 2.75) is 6.61 Å². The molecule has 3 rings (SSSR count). The van der Waals surface area contributed by atoms with Gasteiger partial charge >= 0.3 is 12.1 Å². The molecule has 1 saturated heterocycles. The van der Waals surface area contributed by atoms with Crippen LogP contribution in [0.1, 0.15) is 15.9 Å². The number of anilines is 1. The third-order valence-electron chi connectivity index (χ3n) is 4.73. The number of nitrogens with zero attached hydrogens (tertiary/aromatic N) is 2. The van der Waals surface area contributed by atoms with E-state index in [2.05, 4.69) is 5.32 Å². The molecule has 2 aromatic carbocycles. The van der Waals surface area contributed by atoms with E-state index in [4.69, 9.17) is 14.6 Å². The first-order chi connectivity index (χ1) is 14.4. The van der Waals surface area contributed by atoms with Crippen molar-refractivity contribution >= 4 is 23.4 Å². The van der Waals surface area contributed by atoms with Crippen LogP contribution in [0.5, 0.6) is 5.75 Å².